The monoisotopic (exact) mass is 394 g/mol. The standard InChI is InChI=1S/C22H26N4O3/c1-22(2)20(28)26(21(29)23-22)13-7-11-18(27)25-15-14-24-12-6-10-17(24)19(25)16-8-4-3-5-9-16/h3-6,8-10,12,19H,7,11,13-15H2,1-2H3,(H,23,29)/t19-/m1/s1. The molecule has 1 fully saturated rings. The van der Waals surface area contributed by atoms with Gasteiger partial charge in [0, 0.05) is 37.9 Å². The Bertz CT molecular complexity index is 935. The van der Waals surface area contributed by atoms with Crippen LogP contribution in [0.1, 0.15) is 44.0 Å². The lowest BCUT2D eigenvalue weighted by Crippen LogP contribution is -2.42. The molecule has 3 heterocycles. The van der Waals surface area contributed by atoms with E-state index in [0.29, 0.717) is 19.4 Å². The number of nitrogens with zero attached hydrogens (tertiary/aromatic N) is 3. The highest BCUT2D eigenvalue weighted by Crippen LogP contribution is 2.33. The number of fused-ring (bicyclic) bond motifs is 1. The summed E-state index contributed by atoms with van der Waals surface area (Å²) >= 11 is 0. The molecule has 2 aliphatic rings. The predicted octanol–water partition coefficient (Wildman–Crippen LogP) is 2.53. The van der Waals surface area contributed by atoms with Crippen LogP contribution < -0.4 is 5.32 Å². The van der Waals surface area contributed by atoms with Gasteiger partial charge >= 0.3 is 6.03 Å². The van der Waals surface area contributed by atoms with E-state index in [1.165, 1.54) is 4.90 Å². The van der Waals surface area contributed by atoms with Crippen LogP contribution in [0.25, 0.3) is 0 Å². The first-order chi connectivity index (χ1) is 13.9. The van der Waals surface area contributed by atoms with Gasteiger partial charge in [0.15, 0.2) is 0 Å². The van der Waals surface area contributed by atoms with Gasteiger partial charge in [-0.2, -0.15) is 0 Å². The number of amides is 4. The number of imide groups is 1. The molecule has 2 aromatic rings. The lowest BCUT2D eigenvalue weighted by molar-refractivity contribution is -0.135. The molecule has 0 unspecified atom stereocenters. The van der Waals surface area contributed by atoms with Crippen molar-refractivity contribution in [1.29, 1.82) is 0 Å². The predicted molar refractivity (Wildman–Crippen MR) is 108 cm³/mol. The van der Waals surface area contributed by atoms with Crippen LogP contribution >= 0.6 is 0 Å². The Morgan fingerprint density at radius 2 is 1.86 bits per heavy atom. The van der Waals surface area contributed by atoms with E-state index in [-0.39, 0.29) is 30.4 Å². The van der Waals surface area contributed by atoms with Crippen LogP contribution in [0.15, 0.2) is 48.7 Å². The molecule has 0 radical (unpaired) electrons. The van der Waals surface area contributed by atoms with Crippen LogP contribution in [0.3, 0.4) is 0 Å². The third kappa shape index (κ3) is 3.52. The van der Waals surface area contributed by atoms with Gasteiger partial charge in [0.2, 0.25) is 5.91 Å². The molecule has 0 saturated carbocycles. The van der Waals surface area contributed by atoms with E-state index in [0.717, 1.165) is 17.8 Å². The summed E-state index contributed by atoms with van der Waals surface area (Å²) in [6.07, 6.45) is 2.79. The number of carbonyl (C=O) groups excluding carboxylic acids is 3. The van der Waals surface area contributed by atoms with Crippen LogP contribution in [-0.4, -0.2) is 50.8 Å². The molecule has 0 aliphatic carbocycles. The van der Waals surface area contributed by atoms with E-state index in [2.05, 4.69) is 16.0 Å². The van der Waals surface area contributed by atoms with E-state index in [9.17, 15) is 14.4 Å². The molecule has 7 nitrogen and oxygen atoms in total. The lowest BCUT2D eigenvalue weighted by atomic mass is 9.99. The Morgan fingerprint density at radius 1 is 1.10 bits per heavy atom. The zero-order chi connectivity index (χ0) is 20.6. The minimum atomic E-state index is -0.877. The molecule has 1 aromatic carbocycles. The van der Waals surface area contributed by atoms with Gasteiger partial charge in [0.1, 0.15) is 5.54 Å². The first-order valence-electron chi connectivity index (χ1n) is 10.0. The second kappa shape index (κ2) is 7.39. The Balaban J connectivity index is 1.45. The molecule has 0 spiro atoms. The van der Waals surface area contributed by atoms with Crippen molar-refractivity contribution in [3.05, 3.63) is 59.9 Å². The summed E-state index contributed by atoms with van der Waals surface area (Å²) in [7, 11) is 0. The Morgan fingerprint density at radius 3 is 2.55 bits per heavy atom. The molecule has 0 bridgehead atoms. The SMILES string of the molecule is CC1(C)NC(=O)N(CCCC(=O)N2CCn3cccc3[C@H]2c2ccccc2)C1=O. The summed E-state index contributed by atoms with van der Waals surface area (Å²) in [5, 5.41) is 2.67. The minimum Gasteiger partial charge on any atom is -0.348 e. The van der Waals surface area contributed by atoms with Crippen LogP contribution in [0.2, 0.25) is 0 Å². The number of benzene rings is 1. The number of hydrogen-bond acceptors (Lipinski definition) is 3. The van der Waals surface area contributed by atoms with E-state index in [1.807, 2.05) is 47.5 Å². The first kappa shape index (κ1) is 19.2. The van der Waals surface area contributed by atoms with Crippen molar-refractivity contribution in [1.82, 2.24) is 19.7 Å². The Hall–Kier alpha value is -3.09. The first-order valence-corrected chi connectivity index (χ1v) is 10.0. The van der Waals surface area contributed by atoms with Gasteiger partial charge in [-0.15, -0.1) is 0 Å². The van der Waals surface area contributed by atoms with Gasteiger partial charge in [0.25, 0.3) is 5.91 Å². The number of nitrogens with one attached hydrogen (secondary N) is 1. The van der Waals surface area contributed by atoms with Crippen LogP contribution in [0.5, 0.6) is 0 Å². The molecule has 29 heavy (non-hydrogen) atoms. The summed E-state index contributed by atoms with van der Waals surface area (Å²) < 4.78 is 2.19. The summed E-state index contributed by atoms with van der Waals surface area (Å²) in [6, 6.07) is 13.6. The van der Waals surface area contributed by atoms with Crippen LogP contribution in [0.4, 0.5) is 4.79 Å². The zero-order valence-electron chi connectivity index (χ0n) is 16.8. The molecule has 2 aliphatic heterocycles. The largest absolute Gasteiger partial charge is 0.348 e. The maximum Gasteiger partial charge on any atom is 0.325 e. The summed E-state index contributed by atoms with van der Waals surface area (Å²) in [6.45, 7) is 5.02. The maximum absolute atomic E-state index is 13.1. The van der Waals surface area contributed by atoms with Crippen molar-refractivity contribution in [2.24, 2.45) is 0 Å². The number of aromatic nitrogens is 1. The van der Waals surface area contributed by atoms with Crippen molar-refractivity contribution in [2.45, 2.75) is 44.8 Å². The normalized spacial score (nSPS) is 20.6. The number of hydrogen-bond donors (Lipinski definition) is 1. The topological polar surface area (TPSA) is 74.7 Å². The molecule has 7 heteroatoms. The quantitative estimate of drug-likeness (QED) is 0.792. The van der Waals surface area contributed by atoms with E-state index >= 15 is 0 Å². The molecule has 4 rings (SSSR count). The van der Waals surface area contributed by atoms with Gasteiger partial charge in [-0.05, 0) is 38.0 Å². The highest BCUT2D eigenvalue weighted by atomic mass is 16.2. The van der Waals surface area contributed by atoms with Crippen molar-refractivity contribution in [3.63, 3.8) is 0 Å². The molecule has 1 atom stereocenters. The molecule has 1 N–H and O–H groups in total. The van der Waals surface area contributed by atoms with Gasteiger partial charge < -0.3 is 14.8 Å². The average Bonchev–Trinajstić information content (AvgIpc) is 3.25. The molecule has 1 saturated heterocycles. The average molecular weight is 394 g/mol. The molecule has 152 valence electrons. The zero-order valence-corrected chi connectivity index (χ0v) is 16.8. The van der Waals surface area contributed by atoms with Crippen molar-refractivity contribution in [2.75, 3.05) is 13.1 Å². The van der Waals surface area contributed by atoms with Crippen molar-refractivity contribution in [3.8, 4) is 0 Å². The van der Waals surface area contributed by atoms with Crippen molar-refractivity contribution < 1.29 is 14.4 Å². The molecular weight excluding hydrogens is 368 g/mol. The summed E-state index contributed by atoms with van der Waals surface area (Å²) in [5.74, 6) is -0.203. The van der Waals surface area contributed by atoms with Crippen LogP contribution in [0, 0.1) is 0 Å². The summed E-state index contributed by atoms with van der Waals surface area (Å²) in [5.41, 5.74) is 1.31. The maximum atomic E-state index is 13.1. The molecule has 1 aromatic heterocycles. The molecule has 4 amide bonds. The highest BCUT2D eigenvalue weighted by Gasteiger charge is 2.43. The third-order valence-corrected chi connectivity index (χ3v) is 5.69. The third-order valence-electron chi connectivity index (χ3n) is 5.69. The summed E-state index contributed by atoms with van der Waals surface area (Å²) in [4.78, 5) is 40.5. The minimum absolute atomic E-state index is 0.0395. The van der Waals surface area contributed by atoms with Gasteiger partial charge in [-0.3, -0.25) is 14.5 Å². The van der Waals surface area contributed by atoms with Gasteiger partial charge in [-0.25, -0.2) is 4.79 Å². The number of carbonyl (C=O) groups is 3. The van der Waals surface area contributed by atoms with E-state index in [1.54, 1.807) is 13.8 Å². The Kier molecular flexibility index (Phi) is 4.90. The van der Waals surface area contributed by atoms with Crippen LogP contribution in [-0.2, 0) is 16.1 Å². The number of urea groups is 1. The van der Waals surface area contributed by atoms with Gasteiger partial charge in [-0.1, -0.05) is 30.3 Å². The second-order valence-corrected chi connectivity index (χ2v) is 8.14. The fourth-order valence-electron chi connectivity index (χ4n) is 4.19. The fourth-order valence-corrected chi connectivity index (χ4v) is 4.19. The van der Waals surface area contributed by atoms with Crippen molar-refractivity contribution >= 4 is 17.8 Å². The van der Waals surface area contributed by atoms with Gasteiger partial charge in [0.05, 0.1) is 6.04 Å². The highest BCUT2D eigenvalue weighted by molar-refractivity contribution is 6.06. The second-order valence-electron chi connectivity index (χ2n) is 8.14. The fraction of sp³-hybridized carbons (Fsp3) is 0.409. The number of rotatable bonds is 5. The smallest absolute Gasteiger partial charge is 0.325 e. The van der Waals surface area contributed by atoms with E-state index < -0.39 is 5.54 Å². The molecular formula is C22H26N4O3. The Labute approximate surface area is 170 Å². The lowest BCUT2D eigenvalue weighted by Gasteiger charge is -2.37. The van der Waals surface area contributed by atoms with E-state index in [4.69, 9.17) is 0 Å².